The van der Waals surface area contributed by atoms with Crippen molar-refractivity contribution in [2.45, 2.75) is 24.7 Å². The maximum absolute atomic E-state index is 12.4. The van der Waals surface area contributed by atoms with Crippen LogP contribution < -0.4 is 5.32 Å². The van der Waals surface area contributed by atoms with Crippen molar-refractivity contribution in [1.29, 1.82) is 0 Å². The zero-order valence-electron chi connectivity index (χ0n) is 10.9. The molecular formula is C13H18N2O3S. The van der Waals surface area contributed by atoms with Crippen molar-refractivity contribution in [2.24, 2.45) is 5.92 Å². The summed E-state index contributed by atoms with van der Waals surface area (Å²) in [6.45, 7) is 3.23. The average Bonchev–Trinajstić information content (AvgIpc) is 2.40. The van der Waals surface area contributed by atoms with E-state index < -0.39 is 10.0 Å². The molecule has 1 aliphatic heterocycles. The van der Waals surface area contributed by atoms with Crippen LogP contribution in [0.5, 0.6) is 0 Å². The molecule has 104 valence electrons. The van der Waals surface area contributed by atoms with E-state index in [1.807, 2.05) is 0 Å². The molecule has 1 aliphatic rings. The lowest BCUT2D eigenvalue weighted by molar-refractivity contribution is -0.105. The molecule has 1 atom stereocenters. The summed E-state index contributed by atoms with van der Waals surface area (Å²) in [7, 11) is -3.41. The van der Waals surface area contributed by atoms with Crippen LogP contribution in [-0.2, 0) is 14.8 Å². The smallest absolute Gasteiger partial charge is 0.243 e. The maximum Gasteiger partial charge on any atom is 0.243 e. The van der Waals surface area contributed by atoms with E-state index in [9.17, 15) is 13.2 Å². The Labute approximate surface area is 113 Å². The number of piperidine rings is 1. The predicted molar refractivity (Wildman–Crippen MR) is 73.3 cm³/mol. The van der Waals surface area contributed by atoms with Gasteiger partial charge in [-0.2, -0.15) is 4.31 Å². The Bertz CT molecular complexity index is 540. The summed E-state index contributed by atoms with van der Waals surface area (Å²) in [5, 5.41) is 2.48. The molecule has 5 nitrogen and oxygen atoms in total. The highest BCUT2D eigenvalue weighted by Crippen LogP contribution is 2.24. The summed E-state index contributed by atoms with van der Waals surface area (Å²) in [5.74, 6) is 0.402. The SMILES string of the molecule is CC1CCCN(S(=O)(=O)c2ccc(NC=O)cc2)C1. The van der Waals surface area contributed by atoms with Crippen LogP contribution in [0.25, 0.3) is 0 Å². The molecule has 2 rings (SSSR count). The molecule has 1 unspecified atom stereocenters. The van der Waals surface area contributed by atoms with Gasteiger partial charge in [-0.05, 0) is 43.0 Å². The van der Waals surface area contributed by atoms with E-state index in [-0.39, 0.29) is 4.90 Å². The Hall–Kier alpha value is -1.40. The standard InChI is InChI=1S/C13H18N2O3S/c1-11-3-2-8-15(9-11)19(17,18)13-6-4-12(5-7-13)14-10-16/h4-7,10-11H,2-3,8-9H2,1H3,(H,14,16). The van der Waals surface area contributed by atoms with Gasteiger partial charge in [0.1, 0.15) is 0 Å². The summed E-state index contributed by atoms with van der Waals surface area (Å²) in [6.07, 6.45) is 2.55. The van der Waals surface area contributed by atoms with Gasteiger partial charge in [0.05, 0.1) is 4.90 Å². The third-order valence-corrected chi connectivity index (χ3v) is 5.22. The minimum absolute atomic E-state index is 0.276. The van der Waals surface area contributed by atoms with Gasteiger partial charge in [-0.15, -0.1) is 0 Å². The van der Waals surface area contributed by atoms with E-state index in [0.29, 0.717) is 31.1 Å². The molecule has 6 heteroatoms. The summed E-state index contributed by atoms with van der Waals surface area (Å²) < 4.78 is 26.4. The van der Waals surface area contributed by atoms with Crippen LogP contribution in [0.4, 0.5) is 5.69 Å². The van der Waals surface area contributed by atoms with Crippen molar-refractivity contribution in [3.8, 4) is 0 Å². The highest BCUT2D eigenvalue weighted by atomic mass is 32.2. The highest BCUT2D eigenvalue weighted by molar-refractivity contribution is 7.89. The predicted octanol–water partition coefficient (Wildman–Crippen LogP) is 1.68. The number of nitrogens with one attached hydrogen (secondary N) is 1. The van der Waals surface area contributed by atoms with E-state index in [0.717, 1.165) is 12.8 Å². The fourth-order valence-corrected chi connectivity index (χ4v) is 3.90. The first-order valence-electron chi connectivity index (χ1n) is 6.34. The monoisotopic (exact) mass is 282 g/mol. The number of hydrogen-bond donors (Lipinski definition) is 1. The van der Waals surface area contributed by atoms with Gasteiger partial charge in [-0.3, -0.25) is 4.79 Å². The van der Waals surface area contributed by atoms with Gasteiger partial charge >= 0.3 is 0 Å². The van der Waals surface area contributed by atoms with Gasteiger partial charge < -0.3 is 5.32 Å². The number of anilines is 1. The van der Waals surface area contributed by atoms with Crippen LogP contribution in [-0.4, -0.2) is 32.2 Å². The van der Waals surface area contributed by atoms with Crippen molar-refractivity contribution in [3.05, 3.63) is 24.3 Å². The molecule has 1 aromatic rings. The van der Waals surface area contributed by atoms with E-state index in [2.05, 4.69) is 12.2 Å². The molecule has 1 amide bonds. The van der Waals surface area contributed by atoms with Crippen molar-refractivity contribution < 1.29 is 13.2 Å². The van der Waals surface area contributed by atoms with E-state index in [4.69, 9.17) is 0 Å². The van der Waals surface area contributed by atoms with Crippen molar-refractivity contribution in [2.75, 3.05) is 18.4 Å². The number of sulfonamides is 1. The summed E-state index contributed by atoms with van der Waals surface area (Å²) >= 11 is 0. The van der Waals surface area contributed by atoms with Crippen LogP contribution in [0, 0.1) is 5.92 Å². The molecule has 0 saturated carbocycles. The topological polar surface area (TPSA) is 66.5 Å². The Morgan fingerprint density at radius 3 is 2.58 bits per heavy atom. The van der Waals surface area contributed by atoms with Gasteiger partial charge in [0.2, 0.25) is 16.4 Å². The molecule has 0 spiro atoms. The van der Waals surface area contributed by atoms with Crippen LogP contribution in [0.3, 0.4) is 0 Å². The van der Waals surface area contributed by atoms with Gasteiger partial charge in [0.25, 0.3) is 0 Å². The van der Waals surface area contributed by atoms with Crippen LogP contribution in [0.2, 0.25) is 0 Å². The summed E-state index contributed by atoms with van der Waals surface area (Å²) in [4.78, 5) is 10.6. The van der Waals surface area contributed by atoms with Crippen LogP contribution >= 0.6 is 0 Å². The second-order valence-electron chi connectivity index (χ2n) is 4.90. The number of hydrogen-bond acceptors (Lipinski definition) is 3. The number of nitrogens with zero attached hydrogens (tertiary/aromatic N) is 1. The molecule has 0 aliphatic carbocycles. The third kappa shape index (κ3) is 3.13. The van der Waals surface area contributed by atoms with Gasteiger partial charge in [-0.25, -0.2) is 8.42 Å². The van der Waals surface area contributed by atoms with Crippen molar-refractivity contribution in [1.82, 2.24) is 4.31 Å². The first-order chi connectivity index (χ1) is 9.04. The number of carbonyl (C=O) groups excluding carboxylic acids is 1. The molecule has 1 heterocycles. The van der Waals surface area contributed by atoms with Crippen molar-refractivity contribution >= 4 is 22.1 Å². The van der Waals surface area contributed by atoms with Gasteiger partial charge in [0, 0.05) is 18.8 Å². The lowest BCUT2D eigenvalue weighted by atomic mass is 10.0. The number of amides is 1. The summed E-state index contributed by atoms with van der Waals surface area (Å²) in [6, 6.07) is 6.24. The molecule has 1 aromatic carbocycles. The van der Waals surface area contributed by atoms with E-state index >= 15 is 0 Å². The summed E-state index contributed by atoms with van der Waals surface area (Å²) in [5.41, 5.74) is 0.584. The minimum Gasteiger partial charge on any atom is -0.329 e. The molecule has 1 fully saturated rings. The molecule has 19 heavy (non-hydrogen) atoms. The maximum atomic E-state index is 12.4. The number of benzene rings is 1. The fraction of sp³-hybridized carbons (Fsp3) is 0.462. The number of rotatable bonds is 4. The van der Waals surface area contributed by atoms with E-state index in [1.165, 1.54) is 12.1 Å². The van der Waals surface area contributed by atoms with E-state index in [1.54, 1.807) is 16.4 Å². The third-order valence-electron chi connectivity index (χ3n) is 3.34. The largest absolute Gasteiger partial charge is 0.329 e. The fourth-order valence-electron chi connectivity index (χ4n) is 2.30. The Morgan fingerprint density at radius 1 is 1.32 bits per heavy atom. The zero-order valence-corrected chi connectivity index (χ0v) is 11.7. The van der Waals surface area contributed by atoms with Crippen LogP contribution in [0.1, 0.15) is 19.8 Å². The lowest BCUT2D eigenvalue weighted by Gasteiger charge is -2.30. The normalized spacial score (nSPS) is 21.0. The molecular weight excluding hydrogens is 264 g/mol. The van der Waals surface area contributed by atoms with Gasteiger partial charge in [-0.1, -0.05) is 6.92 Å². The Morgan fingerprint density at radius 2 is 2.00 bits per heavy atom. The highest BCUT2D eigenvalue weighted by Gasteiger charge is 2.28. The molecule has 0 bridgehead atoms. The second-order valence-corrected chi connectivity index (χ2v) is 6.83. The Balaban J connectivity index is 2.21. The molecule has 1 saturated heterocycles. The van der Waals surface area contributed by atoms with Crippen molar-refractivity contribution in [3.63, 3.8) is 0 Å². The quantitative estimate of drug-likeness (QED) is 0.854. The first-order valence-corrected chi connectivity index (χ1v) is 7.78. The average molecular weight is 282 g/mol. The molecule has 1 N–H and O–H groups in total. The minimum atomic E-state index is -3.41. The molecule has 0 radical (unpaired) electrons. The number of carbonyl (C=O) groups is 1. The first kappa shape index (κ1) is 14.0. The van der Waals surface area contributed by atoms with Crippen LogP contribution in [0.15, 0.2) is 29.2 Å². The Kier molecular flexibility index (Phi) is 4.21. The zero-order chi connectivity index (χ0) is 13.9. The van der Waals surface area contributed by atoms with Gasteiger partial charge in [0.15, 0.2) is 0 Å². The molecule has 0 aromatic heterocycles. The second kappa shape index (κ2) is 5.71. The lowest BCUT2D eigenvalue weighted by Crippen LogP contribution is -2.39.